The predicted octanol–water partition coefficient (Wildman–Crippen LogP) is 2.40. The summed E-state index contributed by atoms with van der Waals surface area (Å²) >= 11 is 1.54. The molecule has 3 rings (SSSR count). The Morgan fingerprint density at radius 1 is 1.32 bits per heavy atom. The number of ether oxygens (including phenoxy) is 1. The van der Waals surface area contributed by atoms with Crippen LogP contribution in [0, 0.1) is 0 Å². The van der Waals surface area contributed by atoms with Crippen molar-refractivity contribution in [3.63, 3.8) is 0 Å². The highest BCUT2D eigenvalue weighted by atomic mass is 32.1. The van der Waals surface area contributed by atoms with Crippen molar-refractivity contribution in [2.75, 3.05) is 32.8 Å². The molecule has 1 aromatic heterocycles. The Hall–Kier alpha value is -1.21. The molecule has 138 valence electrons. The highest BCUT2D eigenvalue weighted by molar-refractivity contribution is 7.11. The Labute approximate surface area is 153 Å². The van der Waals surface area contributed by atoms with Crippen molar-refractivity contribution < 1.29 is 14.6 Å². The van der Waals surface area contributed by atoms with Crippen LogP contribution in [-0.2, 0) is 16.1 Å². The average Bonchev–Trinajstić information content (AvgIpc) is 3.10. The third-order valence-electron chi connectivity index (χ3n) is 5.08. The fraction of sp³-hybridized carbons (Fsp3) is 0.632. The Morgan fingerprint density at radius 2 is 2.08 bits per heavy atom. The van der Waals surface area contributed by atoms with Gasteiger partial charge in [-0.05, 0) is 35.9 Å². The monoisotopic (exact) mass is 364 g/mol. The summed E-state index contributed by atoms with van der Waals surface area (Å²) in [5.74, 6) is -0.0193. The lowest BCUT2D eigenvalue weighted by molar-refractivity contribution is -0.119. The molecule has 1 amide bonds. The highest BCUT2D eigenvalue weighted by Gasteiger charge is 2.35. The van der Waals surface area contributed by atoms with Crippen LogP contribution < -0.4 is 5.32 Å². The van der Waals surface area contributed by atoms with Crippen molar-refractivity contribution in [1.82, 2.24) is 10.2 Å². The minimum Gasteiger partial charge on any atom is -0.392 e. The van der Waals surface area contributed by atoms with Gasteiger partial charge in [0.2, 0.25) is 5.91 Å². The van der Waals surface area contributed by atoms with E-state index in [0.29, 0.717) is 0 Å². The van der Waals surface area contributed by atoms with Gasteiger partial charge in [0.1, 0.15) is 0 Å². The molecule has 2 heterocycles. The first kappa shape index (κ1) is 18.6. The second-order valence-corrected chi connectivity index (χ2v) is 8.01. The van der Waals surface area contributed by atoms with Crippen molar-refractivity contribution >= 4 is 23.3 Å². The molecule has 25 heavy (non-hydrogen) atoms. The van der Waals surface area contributed by atoms with Crippen LogP contribution in [0.5, 0.6) is 0 Å². The summed E-state index contributed by atoms with van der Waals surface area (Å²) < 4.78 is 5.44. The van der Waals surface area contributed by atoms with Crippen LogP contribution in [-0.4, -0.2) is 54.3 Å². The van der Waals surface area contributed by atoms with Gasteiger partial charge in [0.05, 0.1) is 25.4 Å². The van der Waals surface area contributed by atoms with Gasteiger partial charge in [0.25, 0.3) is 0 Å². The van der Waals surface area contributed by atoms with E-state index in [1.54, 1.807) is 17.4 Å². The first-order valence-corrected chi connectivity index (χ1v) is 10.1. The molecule has 2 N–H and O–H groups in total. The Morgan fingerprint density at radius 3 is 2.76 bits per heavy atom. The minimum atomic E-state index is -0.108. The maximum atomic E-state index is 12.5. The van der Waals surface area contributed by atoms with Crippen molar-refractivity contribution in [3.05, 3.63) is 28.0 Å². The third kappa shape index (κ3) is 5.38. The summed E-state index contributed by atoms with van der Waals surface area (Å²) in [5, 5.41) is 14.4. The number of amides is 1. The Balaban J connectivity index is 1.61. The maximum Gasteiger partial charge on any atom is 0.244 e. The number of nitrogens with one attached hydrogen (secondary N) is 1. The number of hydrogen-bond donors (Lipinski definition) is 2. The second-order valence-electron chi connectivity index (χ2n) is 7.07. The fourth-order valence-electron chi connectivity index (χ4n) is 3.76. The topological polar surface area (TPSA) is 61.8 Å². The van der Waals surface area contributed by atoms with Crippen molar-refractivity contribution in [1.29, 1.82) is 0 Å². The second kappa shape index (κ2) is 8.94. The zero-order chi connectivity index (χ0) is 17.5. The van der Waals surface area contributed by atoms with Gasteiger partial charge in [-0.25, -0.2) is 0 Å². The zero-order valence-electron chi connectivity index (χ0n) is 14.7. The van der Waals surface area contributed by atoms with Crippen LogP contribution >= 0.6 is 11.3 Å². The van der Waals surface area contributed by atoms with Crippen LogP contribution in [0.3, 0.4) is 0 Å². The Bertz CT molecular complexity index is 587. The molecule has 1 aromatic rings. The molecule has 0 spiro atoms. The number of nitrogens with zero attached hydrogens (tertiary/aromatic N) is 1. The van der Waals surface area contributed by atoms with E-state index in [0.717, 1.165) is 56.1 Å². The molecule has 2 fully saturated rings. The van der Waals surface area contributed by atoms with Crippen LogP contribution in [0.1, 0.15) is 42.5 Å². The van der Waals surface area contributed by atoms with Gasteiger partial charge in [0, 0.05) is 30.6 Å². The molecular formula is C19H28N2O3S. The van der Waals surface area contributed by atoms with Crippen molar-refractivity contribution in [2.45, 2.75) is 44.2 Å². The SMILES string of the molecule is O=C(/C=C/c1cc(CO)cs1)NC1(CN2CCOCC2)CCCCC1. The fourth-order valence-corrected chi connectivity index (χ4v) is 4.56. The van der Waals surface area contributed by atoms with Crippen LogP contribution in [0.15, 0.2) is 17.5 Å². The molecule has 1 saturated carbocycles. The molecule has 6 heteroatoms. The first-order chi connectivity index (χ1) is 12.2. The summed E-state index contributed by atoms with van der Waals surface area (Å²) in [6.07, 6.45) is 9.19. The lowest BCUT2D eigenvalue weighted by atomic mass is 9.81. The summed E-state index contributed by atoms with van der Waals surface area (Å²) in [6.45, 7) is 4.44. The summed E-state index contributed by atoms with van der Waals surface area (Å²) in [5.41, 5.74) is 0.782. The van der Waals surface area contributed by atoms with Crippen LogP contribution in [0.2, 0.25) is 0 Å². The molecule has 1 aliphatic heterocycles. The van der Waals surface area contributed by atoms with E-state index >= 15 is 0 Å². The number of thiophene rings is 1. The van der Waals surface area contributed by atoms with Crippen molar-refractivity contribution in [2.24, 2.45) is 0 Å². The van der Waals surface area contributed by atoms with Crippen LogP contribution in [0.4, 0.5) is 0 Å². The molecule has 5 nitrogen and oxygen atoms in total. The molecule has 0 bridgehead atoms. The molecule has 2 aliphatic rings. The van der Waals surface area contributed by atoms with Gasteiger partial charge in [-0.15, -0.1) is 11.3 Å². The van der Waals surface area contributed by atoms with E-state index < -0.39 is 0 Å². The van der Waals surface area contributed by atoms with E-state index in [-0.39, 0.29) is 18.1 Å². The van der Waals surface area contributed by atoms with E-state index in [9.17, 15) is 4.79 Å². The number of rotatable bonds is 6. The highest BCUT2D eigenvalue weighted by Crippen LogP contribution is 2.29. The summed E-state index contributed by atoms with van der Waals surface area (Å²) in [4.78, 5) is 15.9. The number of morpholine rings is 1. The molecule has 0 radical (unpaired) electrons. The lowest BCUT2D eigenvalue weighted by Crippen LogP contribution is -2.57. The largest absolute Gasteiger partial charge is 0.392 e. The molecule has 1 aliphatic carbocycles. The number of aliphatic hydroxyl groups is 1. The zero-order valence-corrected chi connectivity index (χ0v) is 15.5. The van der Waals surface area contributed by atoms with Gasteiger partial charge in [-0.1, -0.05) is 19.3 Å². The number of hydrogen-bond acceptors (Lipinski definition) is 5. The standard InChI is InChI=1S/C19H28N2O3S/c22-13-16-12-17(25-14-16)4-5-18(23)20-19(6-2-1-3-7-19)15-21-8-10-24-11-9-21/h4-5,12,14,22H,1-3,6-11,13,15H2,(H,20,23)/b5-4+. The van der Waals surface area contributed by atoms with E-state index in [2.05, 4.69) is 10.2 Å². The predicted molar refractivity (Wildman–Crippen MR) is 100 cm³/mol. The number of aliphatic hydroxyl groups excluding tert-OH is 1. The summed E-state index contributed by atoms with van der Waals surface area (Å²) in [6, 6.07) is 1.92. The molecule has 1 saturated heterocycles. The van der Waals surface area contributed by atoms with E-state index in [1.165, 1.54) is 19.3 Å². The van der Waals surface area contributed by atoms with Gasteiger partial charge >= 0.3 is 0 Å². The van der Waals surface area contributed by atoms with Gasteiger partial charge in [-0.2, -0.15) is 0 Å². The maximum absolute atomic E-state index is 12.5. The van der Waals surface area contributed by atoms with Crippen LogP contribution in [0.25, 0.3) is 6.08 Å². The van der Waals surface area contributed by atoms with Crippen molar-refractivity contribution in [3.8, 4) is 0 Å². The van der Waals surface area contributed by atoms with E-state index in [1.807, 2.05) is 17.5 Å². The smallest absolute Gasteiger partial charge is 0.244 e. The average molecular weight is 365 g/mol. The molecule has 0 unspecified atom stereocenters. The van der Waals surface area contributed by atoms with Gasteiger partial charge in [-0.3, -0.25) is 9.69 Å². The normalized spacial score (nSPS) is 21.5. The quantitative estimate of drug-likeness (QED) is 0.761. The third-order valence-corrected chi connectivity index (χ3v) is 6.03. The number of carbonyl (C=O) groups excluding carboxylic acids is 1. The Kier molecular flexibility index (Phi) is 6.64. The minimum absolute atomic E-state index is 0.0193. The number of carbonyl (C=O) groups is 1. The molecular weight excluding hydrogens is 336 g/mol. The van der Waals surface area contributed by atoms with Gasteiger partial charge in [0.15, 0.2) is 0 Å². The van der Waals surface area contributed by atoms with Gasteiger partial charge < -0.3 is 15.2 Å². The summed E-state index contributed by atoms with van der Waals surface area (Å²) in [7, 11) is 0. The molecule has 0 aromatic carbocycles. The lowest BCUT2D eigenvalue weighted by Gasteiger charge is -2.42. The van der Waals surface area contributed by atoms with E-state index in [4.69, 9.17) is 9.84 Å². The molecule has 0 atom stereocenters. The first-order valence-electron chi connectivity index (χ1n) is 9.18.